The number of alkyl halides is 3. The Balaban J connectivity index is 2.51. The molecular formula is C11H14F3NO2S. The van der Waals surface area contributed by atoms with Crippen molar-refractivity contribution >= 4 is 10.0 Å². The van der Waals surface area contributed by atoms with Gasteiger partial charge in [0.15, 0.2) is 0 Å². The zero-order valence-electron chi connectivity index (χ0n) is 9.74. The van der Waals surface area contributed by atoms with Gasteiger partial charge in [-0.05, 0) is 25.3 Å². The standard InChI is InChI=1S/C11H14F3NO2S/c1-9(15-18(16,17)11(12,13)14)7-8-10-5-3-2-4-6-10/h2-6,9,15H,7-8H2,1H3/t9-/m1/s1. The summed E-state index contributed by atoms with van der Waals surface area (Å²) in [6, 6.07) is 8.38. The maximum absolute atomic E-state index is 12.1. The fraction of sp³-hybridized carbons (Fsp3) is 0.455. The number of rotatable bonds is 5. The molecule has 0 amide bonds. The molecule has 0 unspecified atom stereocenters. The van der Waals surface area contributed by atoms with Crippen molar-refractivity contribution in [3.05, 3.63) is 35.9 Å². The zero-order chi connectivity index (χ0) is 13.8. The molecule has 0 fully saturated rings. The Kier molecular flexibility index (Phi) is 4.75. The molecule has 0 saturated heterocycles. The molecule has 0 aliphatic carbocycles. The van der Waals surface area contributed by atoms with Crippen LogP contribution >= 0.6 is 0 Å². The smallest absolute Gasteiger partial charge is 0.205 e. The van der Waals surface area contributed by atoms with Gasteiger partial charge in [-0.25, -0.2) is 13.1 Å². The highest BCUT2D eigenvalue weighted by molar-refractivity contribution is 7.90. The van der Waals surface area contributed by atoms with E-state index >= 15 is 0 Å². The molecule has 7 heteroatoms. The minimum atomic E-state index is -5.26. The van der Waals surface area contributed by atoms with Crippen molar-refractivity contribution < 1.29 is 21.6 Å². The molecule has 0 aromatic heterocycles. The lowest BCUT2D eigenvalue weighted by molar-refractivity contribution is -0.0450. The van der Waals surface area contributed by atoms with E-state index in [4.69, 9.17) is 0 Å². The molecule has 0 aliphatic heterocycles. The third kappa shape index (κ3) is 4.30. The molecule has 3 nitrogen and oxygen atoms in total. The van der Waals surface area contributed by atoms with Gasteiger partial charge in [-0.1, -0.05) is 30.3 Å². The van der Waals surface area contributed by atoms with Crippen molar-refractivity contribution in [1.29, 1.82) is 0 Å². The average molecular weight is 281 g/mol. The monoisotopic (exact) mass is 281 g/mol. The van der Waals surface area contributed by atoms with E-state index in [0.717, 1.165) is 5.56 Å². The van der Waals surface area contributed by atoms with E-state index in [2.05, 4.69) is 0 Å². The minimum Gasteiger partial charge on any atom is -0.205 e. The molecule has 1 N–H and O–H groups in total. The molecule has 18 heavy (non-hydrogen) atoms. The third-order valence-corrected chi connectivity index (χ3v) is 3.69. The molecule has 0 bridgehead atoms. The van der Waals surface area contributed by atoms with E-state index in [-0.39, 0.29) is 0 Å². The first-order valence-corrected chi connectivity index (χ1v) is 6.83. The summed E-state index contributed by atoms with van der Waals surface area (Å²) in [4.78, 5) is 0. The van der Waals surface area contributed by atoms with Gasteiger partial charge in [0.25, 0.3) is 0 Å². The van der Waals surface area contributed by atoms with E-state index in [9.17, 15) is 21.6 Å². The molecule has 1 atom stereocenters. The Hall–Kier alpha value is -1.08. The second-order valence-corrected chi connectivity index (χ2v) is 5.70. The summed E-state index contributed by atoms with van der Waals surface area (Å²) in [5, 5.41) is 0. The van der Waals surface area contributed by atoms with Gasteiger partial charge in [-0.3, -0.25) is 0 Å². The van der Waals surface area contributed by atoms with E-state index in [1.165, 1.54) is 6.92 Å². The Morgan fingerprint density at radius 1 is 1.22 bits per heavy atom. The van der Waals surface area contributed by atoms with Gasteiger partial charge in [0, 0.05) is 6.04 Å². The summed E-state index contributed by atoms with van der Waals surface area (Å²) < 4.78 is 59.6. The largest absolute Gasteiger partial charge is 0.511 e. The highest BCUT2D eigenvalue weighted by Gasteiger charge is 2.46. The molecule has 0 spiro atoms. The maximum Gasteiger partial charge on any atom is 0.511 e. The summed E-state index contributed by atoms with van der Waals surface area (Å²) in [5.74, 6) is 0. The first-order chi connectivity index (χ1) is 8.22. The fourth-order valence-corrected chi connectivity index (χ4v) is 2.20. The Labute approximate surface area is 104 Å². The van der Waals surface area contributed by atoms with Gasteiger partial charge < -0.3 is 0 Å². The van der Waals surface area contributed by atoms with E-state index in [1.807, 2.05) is 30.3 Å². The number of hydrogen-bond donors (Lipinski definition) is 1. The van der Waals surface area contributed by atoms with Crippen LogP contribution in [0.2, 0.25) is 0 Å². The Bertz CT molecular complexity index is 471. The van der Waals surface area contributed by atoms with Crippen LogP contribution in [0.15, 0.2) is 30.3 Å². The van der Waals surface area contributed by atoms with E-state index in [0.29, 0.717) is 12.8 Å². The maximum atomic E-state index is 12.1. The molecule has 0 radical (unpaired) electrons. The average Bonchev–Trinajstić information content (AvgIpc) is 2.26. The Morgan fingerprint density at radius 3 is 2.28 bits per heavy atom. The zero-order valence-corrected chi connectivity index (χ0v) is 10.6. The van der Waals surface area contributed by atoms with Crippen LogP contribution in [0.3, 0.4) is 0 Å². The predicted octanol–water partition coefficient (Wildman–Crippen LogP) is 2.45. The summed E-state index contributed by atoms with van der Waals surface area (Å²) in [5.41, 5.74) is -4.30. The number of sulfonamides is 1. The van der Waals surface area contributed by atoms with Crippen LogP contribution in [0, 0.1) is 0 Å². The topological polar surface area (TPSA) is 46.2 Å². The van der Waals surface area contributed by atoms with Crippen LogP contribution < -0.4 is 4.72 Å². The third-order valence-electron chi connectivity index (χ3n) is 2.37. The number of nitrogens with one attached hydrogen (secondary N) is 1. The number of aryl methyl sites for hydroxylation is 1. The fourth-order valence-electron chi connectivity index (χ4n) is 1.42. The number of hydrogen-bond acceptors (Lipinski definition) is 2. The molecule has 0 saturated carbocycles. The van der Waals surface area contributed by atoms with Crippen molar-refractivity contribution in [2.45, 2.75) is 31.3 Å². The van der Waals surface area contributed by atoms with Gasteiger partial charge >= 0.3 is 15.5 Å². The number of benzene rings is 1. The first kappa shape index (κ1) is 15.0. The highest BCUT2D eigenvalue weighted by atomic mass is 32.2. The SMILES string of the molecule is C[C@H](CCc1ccccc1)NS(=O)(=O)C(F)(F)F. The molecule has 1 aromatic carbocycles. The van der Waals surface area contributed by atoms with Crippen LogP contribution in [-0.4, -0.2) is 20.0 Å². The second kappa shape index (κ2) is 5.71. The van der Waals surface area contributed by atoms with Crippen molar-refractivity contribution in [3.63, 3.8) is 0 Å². The van der Waals surface area contributed by atoms with Gasteiger partial charge in [0.1, 0.15) is 0 Å². The molecule has 1 aromatic rings. The summed E-state index contributed by atoms with van der Waals surface area (Å²) in [6.45, 7) is 1.41. The van der Waals surface area contributed by atoms with Crippen LogP contribution in [0.5, 0.6) is 0 Å². The molecular weight excluding hydrogens is 267 g/mol. The summed E-state index contributed by atoms with van der Waals surface area (Å²) in [6.07, 6.45) is 0.821. The molecule has 102 valence electrons. The summed E-state index contributed by atoms with van der Waals surface area (Å²) in [7, 11) is -5.25. The van der Waals surface area contributed by atoms with Crippen molar-refractivity contribution in [2.24, 2.45) is 0 Å². The second-order valence-electron chi connectivity index (χ2n) is 3.99. The first-order valence-electron chi connectivity index (χ1n) is 5.35. The minimum absolute atomic E-state index is 0.305. The normalized spacial score (nSPS) is 14.4. The van der Waals surface area contributed by atoms with E-state index < -0.39 is 21.6 Å². The van der Waals surface area contributed by atoms with Crippen LogP contribution in [0.25, 0.3) is 0 Å². The number of halogens is 3. The lowest BCUT2D eigenvalue weighted by Gasteiger charge is -2.15. The Morgan fingerprint density at radius 2 is 1.78 bits per heavy atom. The van der Waals surface area contributed by atoms with Gasteiger partial charge in [-0.15, -0.1) is 0 Å². The highest BCUT2D eigenvalue weighted by Crippen LogP contribution is 2.22. The lowest BCUT2D eigenvalue weighted by Crippen LogP contribution is -2.41. The van der Waals surface area contributed by atoms with Crippen molar-refractivity contribution in [2.75, 3.05) is 0 Å². The summed E-state index contributed by atoms with van der Waals surface area (Å²) >= 11 is 0. The van der Waals surface area contributed by atoms with Crippen molar-refractivity contribution in [3.8, 4) is 0 Å². The van der Waals surface area contributed by atoms with E-state index in [1.54, 1.807) is 4.72 Å². The van der Waals surface area contributed by atoms with Crippen LogP contribution in [-0.2, 0) is 16.4 Å². The lowest BCUT2D eigenvalue weighted by atomic mass is 10.1. The predicted molar refractivity (Wildman–Crippen MR) is 62.3 cm³/mol. The van der Waals surface area contributed by atoms with Gasteiger partial charge in [0.05, 0.1) is 0 Å². The molecule has 1 rings (SSSR count). The molecule has 0 aliphatic rings. The van der Waals surface area contributed by atoms with Crippen LogP contribution in [0.4, 0.5) is 13.2 Å². The van der Waals surface area contributed by atoms with Crippen LogP contribution in [0.1, 0.15) is 18.9 Å². The van der Waals surface area contributed by atoms with Crippen molar-refractivity contribution in [1.82, 2.24) is 4.72 Å². The molecule has 0 heterocycles. The van der Waals surface area contributed by atoms with Gasteiger partial charge in [0.2, 0.25) is 0 Å². The quantitative estimate of drug-likeness (QED) is 0.901. The van der Waals surface area contributed by atoms with Gasteiger partial charge in [-0.2, -0.15) is 13.2 Å².